The number of rotatable bonds is 3. The average Bonchev–Trinajstić information content (AvgIpc) is 2.09. The van der Waals surface area contributed by atoms with Gasteiger partial charge in [0.15, 0.2) is 0 Å². The Labute approximate surface area is 72.6 Å². The van der Waals surface area contributed by atoms with Gasteiger partial charge in [-0.1, -0.05) is 0 Å². The summed E-state index contributed by atoms with van der Waals surface area (Å²) in [6.45, 7) is 2.01. The largest absolute Gasteiger partial charge is 0.398 e. The number of hydrogen-bond donors (Lipinski definition) is 1. The molecule has 1 aromatic heterocycles. The standard InChI is InChI=1S/C9H14N2O/c1-7(12-2)5-8-6-11-4-3-9(8)10/h3-4,6-7H,5H2,1-2H3,(H2,10,11). The van der Waals surface area contributed by atoms with Gasteiger partial charge in [-0.05, 0) is 18.6 Å². The van der Waals surface area contributed by atoms with Crippen LogP contribution in [0, 0.1) is 0 Å². The van der Waals surface area contributed by atoms with Gasteiger partial charge in [0.1, 0.15) is 0 Å². The van der Waals surface area contributed by atoms with Crippen molar-refractivity contribution >= 4 is 5.69 Å². The highest BCUT2D eigenvalue weighted by Gasteiger charge is 2.04. The van der Waals surface area contributed by atoms with Gasteiger partial charge in [0.25, 0.3) is 0 Å². The highest BCUT2D eigenvalue weighted by atomic mass is 16.5. The first-order valence-electron chi connectivity index (χ1n) is 3.95. The van der Waals surface area contributed by atoms with Crippen LogP contribution in [0.5, 0.6) is 0 Å². The third kappa shape index (κ3) is 2.20. The summed E-state index contributed by atoms with van der Waals surface area (Å²) < 4.78 is 5.13. The number of methoxy groups -OCH3 is 1. The predicted octanol–water partition coefficient (Wildman–Crippen LogP) is 1.24. The van der Waals surface area contributed by atoms with Gasteiger partial charge in [-0.2, -0.15) is 0 Å². The van der Waals surface area contributed by atoms with E-state index >= 15 is 0 Å². The maximum atomic E-state index is 5.73. The number of ether oxygens (including phenoxy) is 1. The van der Waals surface area contributed by atoms with Gasteiger partial charge < -0.3 is 10.5 Å². The predicted molar refractivity (Wildman–Crippen MR) is 48.8 cm³/mol. The molecule has 3 nitrogen and oxygen atoms in total. The second-order valence-electron chi connectivity index (χ2n) is 2.82. The van der Waals surface area contributed by atoms with E-state index in [-0.39, 0.29) is 6.10 Å². The molecule has 1 rings (SSSR count). The van der Waals surface area contributed by atoms with Crippen molar-refractivity contribution in [3.63, 3.8) is 0 Å². The van der Waals surface area contributed by atoms with Gasteiger partial charge in [-0.25, -0.2) is 0 Å². The average molecular weight is 166 g/mol. The fourth-order valence-electron chi connectivity index (χ4n) is 1.00. The van der Waals surface area contributed by atoms with Crippen LogP contribution in [0.4, 0.5) is 5.69 Å². The maximum absolute atomic E-state index is 5.73. The van der Waals surface area contributed by atoms with Crippen LogP contribution in [-0.4, -0.2) is 18.2 Å². The molecule has 0 spiro atoms. The minimum absolute atomic E-state index is 0.191. The number of nitrogen functional groups attached to an aromatic ring is 1. The summed E-state index contributed by atoms with van der Waals surface area (Å²) in [5, 5.41) is 0. The molecule has 1 atom stereocenters. The summed E-state index contributed by atoms with van der Waals surface area (Å²) in [4.78, 5) is 4.00. The molecule has 0 saturated heterocycles. The van der Waals surface area contributed by atoms with Crippen molar-refractivity contribution in [2.75, 3.05) is 12.8 Å². The molecule has 1 heterocycles. The van der Waals surface area contributed by atoms with Crippen LogP contribution in [0.1, 0.15) is 12.5 Å². The summed E-state index contributed by atoms with van der Waals surface area (Å²) >= 11 is 0. The fourth-order valence-corrected chi connectivity index (χ4v) is 1.00. The van der Waals surface area contributed by atoms with Crippen LogP contribution >= 0.6 is 0 Å². The van der Waals surface area contributed by atoms with Crippen molar-refractivity contribution in [1.29, 1.82) is 0 Å². The Morgan fingerprint density at radius 2 is 2.42 bits per heavy atom. The molecule has 0 saturated carbocycles. The lowest BCUT2D eigenvalue weighted by molar-refractivity contribution is 0.119. The van der Waals surface area contributed by atoms with Crippen LogP contribution in [0.15, 0.2) is 18.5 Å². The van der Waals surface area contributed by atoms with E-state index in [4.69, 9.17) is 10.5 Å². The van der Waals surface area contributed by atoms with Gasteiger partial charge >= 0.3 is 0 Å². The Morgan fingerprint density at radius 1 is 1.67 bits per heavy atom. The van der Waals surface area contributed by atoms with E-state index in [2.05, 4.69) is 4.98 Å². The monoisotopic (exact) mass is 166 g/mol. The van der Waals surface area contributed by atoms with Crippen molar-refractivity contribution in [3.05, 3.63) is 24.0 Å². The highest BCUT2D eigenvalue weighted by molar-refractivity contribution is 5.44. The Kier molecular flexibility index (Phi) is 3.05. The summed E-state index contributed by atoms with van der Waals surface area (Å²) in [5.41, 5.74) is 7.56. The van der Waals surface area contributed by atoms with E-state index in [1.165, 1.54) is 0 Å². The Morgan fingerprint density at radius 3 is 3.00 bits per heavy atom. The van der Waals surface area contributed by atoms with E-state index in [0.29, 0.717) is 0 Å². The minimum Gasteiger partial charge on any atom is -0.398 e. The first-order chi connectivity index (χ1) is 5.74. The summed E-state index contributed by atoms with van der Waals surface area (Å²) in [6, 6.07) is 1.80. The van der Waals surface area contributed by atoms with E-state index in [9.17, 15) is 0 Å². The molecule has 0 aliphatic carbocycles. The van der Waals surface area contributed by atoms with Crippen LogP contribution in [0.2, 0.25) is 0 Å². The number of nitrogens with zero attached hydrogens (tertiary/aromatic N) is 1. The number of aromatic nitrogens is 1. The van der Waals surface area contributed by atoms with Crippen molar-refractivity contribution in [2.24, 2.45) is 0 Å². The molecule has 66 valence electrons. The number of pyridine rings is 1. The van der Waals surface area contributed by atoms with Crippen molar-refractivity contribution in [1.82, 2.24) is 4.98 Å². The van der Waals surface area contributed by atoms with Crippen molar-refractivity contribution in [3.8, 4) is 0 Å². The summed E-state index contributed by atoms with van der Waals surface area (Å²) in [7, 11) is 1.69. The fraction of sp³-hybridized carbons (Fsp3) is 0.444. The topological polar surface area (TPSA) is 48.1 Å². The van der Waals surface area contributed by atoms with Crippen LogP contribution < -0.4 is 5.73 Å². The van der Waals surface area contributed by atoms with E-state index < -0.39 is 0 Å². The molecule has 1 unspecified atom stereocenters. The molecule has 0 aromatic carbocycles. The van der Waals surface area contributed by atoms with Gasteiger partial charge in [-0.3, -0.25) is 4.98 Å². The quantitative estimate of drug-likeness (QED) is 0.735. The van der Waals surface area contributed by atoms with Crippen LogP contribution in [0.3, 0.4) is 0 Å². The normalized spacial score (nSPS) is 12.8. The summed E-state index contributed by atoms with van der Waals surface area (Å²) in [5.74, 6) is 0. The first-order valence-corrected chi connectivity index (χ1v) is 3.95. The molecule has 0 radical (unpaired) electrons. The van der Waals surface area contributed by atoms with E-state index in [1.54, 1.807) is 25.6 Å². The van der Waals surface area contributed by atoms with E-state index in [0.717, 1.165) is 17.7 Å². The molecular formula is C9H14N2O. The Bertz CT molecular complexity index is 250. The van der Waals surface area contributed by atoms with Gasteiger partial charge in [0.05, 0.1) is 6.10 Å². The van der Waals surface area contributed by atoms with E-state index in [1.807, 2.05) is 6.92 Å². The molecule has 1 aromatic rings. The molecular weight excluding hydrogens is 152 g/mol. The maximum Gasteiger partial charge on any atom is 0.0584 e. The van der Waals surface area contributed by atoms with Crippen molar-refractivity contribution < 1.29 is 4.74 Å². The van der Waals surface area contributed by atoms with Crippen molar-refractivity contribution in [2.45, 2.75) is 19.4 Å². The molecule has 0 aliphatic rings. The smallest absolute Gasteiger partial charge is 0.0584 e. The molecule has 0 amide bonds. The van der Waals surface area contributed by atoms with Crippen LogP contribution in [-0.2, 0) is 11.2 Å². The number of nitrogens with two attached hydrogens (primary N) is 1. The third-order valence-corrected chi connectivity index (χ3v) is 1.85. The van der Waals surface area contributed by atoms with Gasteiger partial charge in [0, 0.05) is 31.6 Å². The molecule has 12 heavy (non-hydrogen) atoms. The number of hydrogen-bond acceptors (Lipinski definition) is 3. The lowest BCUT2D eigenvalue weighted by atomic mass is 10.1. The zero-order valence-electron chi connectivity index (χ0n) is 7.45. The van der Waals surface area contributed by atoms with Gasteiger partial charge in [0.2, 0.25) is 0 Å². The molecule has 3 heteroatoms. The van der Waals surface area contributed by atoms with Gasteiger partial charge in [-0.15, -0.1) is 0 Å². The summed E-state index contributed by atoms with van der Waals surface area (Å²) in [6.07, 6.45) is 4.48. The second-order valence-corrected chi connectivity index (χ2v) is 2.82. The SMILES string of the molecule is COC(C)Cc1cnccc1N. The highest BCUT2D eigenvalue weighted by Crippen LogP contribution is 2.11. The third-order valence-electron chi connectivity index (χ3n) is 1.85. The second kappa shape index (κ2) is 4.07. The zero-order chi connectivity index (χ0) is 8.97. The lowest BCUT2D eigenvalue weighted by Crippen LogP contribution is -2.10. The Balaban J connectivity index is 2.69. The van der Waals surface area contributed by atoms with Crippen LogP contribution in [0.25, 0.3) is 0 Å². The first kappa shape index (κ1) is 9.00. The number of anilines is 1. The lowest BCUT2D eigenvalue weighted by Gasteiger charge is -2.10. The molecule has 0 aliphatic heterocycles. The Hall–Kier alpha value is -1.09. The molecule has 0 bridgehead atoms. The minimum atomic E-state index is 0.191. The molecule has 2 N–H and O–H groups in total. The zero-order valence-corrected chi connectivity index (χ0v) is 7.45. The molecule has 0 fully saturated rings.